The molecular formula is C10H12BrF2NO. The largest absolute Gasteiger partial charge is 0.490 e. The Labute approximate surface area is 95.5 Å². The van der Waals surface area contributed by atoms with Gasteiger partial charge < -0.3 is 10.5 Å². The molecule has 0 heterocycles. The van der Waals surface area contributed by atoms with E-state index < -0.39 is 11.6 Å². The predicted molar refractivity (Wildman–Crippen MR) is 57.8 cm³/mol. The Bertz CT molecular complexity index is 346. The van der Waals surface area contributed by atoms with Crippen LogP contribution in [0.4, 0.5) is 8.78 Å². The van der Waals surface area contributed by atoms with Gasteiger partial charge in [-0.05, 0) is 18.7 Å². The summed E-state index contributed by atoms with van der Waals surface area (Å²) < 4.78 is 31.7. The van der Waals surface area contributed by atoms with Crippen LogP contribution in [0.3, 0.4) is 0 Å². The van der Waals surface area contributed by atoms with Gasteiger partial charge in [0, 0.05) is 10.4 Å². The van der Waals surface area contributed by atoms with E-state index in [1.165, 1.54) is 6.07 Å². The summed E-state index contributed by atoms with van der Waals surface area (Å²) in [5, 5.41) is 0. The molecule has 0 aromatic heterocycles. The second kappa shape index (κ2) is 5.42. The lowest BCUT2D eigenvalue weighted by molar-refractivity contribution is 0.249. The predicted octanol–water partition coefficient (Wildman–Crippen LogP) is 2.70. The molecule has 1 unspecified atom stereocenters. The first kappa shape index (κ1) is 12.4. The van der Waals surface area contributed by atoms with E-state index in [1.807, 2.05) is 6.92 Å². The van der Waals surface area contributed by atoms with Gasteiger partial charge in [0.15, 0.2) is 11.6 Å². The third-order valence-corrected chi connectivity index (χ3v) is 2.34. The van der Waals surface area contributed by atoms with E-state index in [2.05, 4.69) is 15.9 Å². The second-order valence-corrected chi connectivity index (χ2v) is 4.27. The molecule has 1 aromatic carbocycles. The number of halogens is 3. The van der Waals surface area contributed by atoms with Crippen molar-refractivity contribution in [3.8, 4) is 5.75 Å². The van der Waals surface area contributed by atoms with Crippen LogP contribution < -0.4 is 10.5 Å². The maximum Gasteiger partial charge on any atom is 0.200 e. The summed E-state index contributed by atoms with van der Waals surface area (Å²) in [6, 6.07) is 2.44. The van der Waals surface area contributed by atoms with Gasteiger partial charge >= 0.3 is 0 Å². The molecule has 0 radical (unpaired) electrons. The molecule has 15 heavy (non-hydrogen) atoms. The van der Waals surface area contributed by atoms with Gasteiger partial charge in [0.2, 0.25) is 5.82 Å². The Kier molecular flexibility index (Phi) is 4.47. The molecule has 0 fully saturated rings. The Morgan fingerprint density at radius 2 is 2.13 bits per heavy atom. The summed E-state index contributed by atoms with van der Waals surface area (Å²) in [6.45, 7) is 2.58. The molecular weight excluding hydrogens is 268 g/mol. The molecule has 5 heteroatoms. The number of ether oxygens (including phenoxy) is 1. The molecule has 0 saturated carbocycles. The number of hydrogen-bond donors (Lipinski definition) is 1. The fourth-order valence-corrected chi connectivity index (χ4v) is 1.35. The van der Waals surface area contributed by atoms with Crippen LogP contribution in [0, 0.1) is 17.6 Å². The highest BCUT2D eigenvalue weighted by atomic mass is 79.9. The lowest BCUT2D eigenvalue weighted by Gasteiger charge is -2.11. The lowest BCUT2D eigenvalue weighted by Crippen LogP contribution is -2.18. The normalized spacial score (nSPS) is 12.6. The molecule has 2 N–H and O–H groups in total. The highest BCUT2D eigenvalue weighted by molar-refractivity contribution is 9.10. The van der Waals surface area contributed by atoms with E-state index in [1.54, 1.807) is 0 Å². The van der Waals surface area contributed by atoms with Crippen molar-refractivity contribution in [1.29, 1.82) is 0 Å². The van der Waals surface area contributed by atoms with Crippen molar-refractivity contribution in [1.82, 2.24) is 0 Å². The van der Waals surface area contributed by atoms with E-state index >= 15 is 0 Å². The fraction of sp³-hybridized carbons (Fsp3) is 0.400. The zero-order valence-electron chi connectivity index (χ0n) is 8.27. The maximum atomic E-state index is 13.2. The smallest absolute Gasteiger partial charge is 0.200 e. The average molecular weight is 280 g/mol. The number of rotatable bonds is 4. The van der Waals surface area contributed by atoms with Gasteiger partial charge in [-0.3, -0.25) is 0 Å². The van der Waals surface area contributed by atoms with Crippen LogP contribution in [0.5, 0.6) is 5.75 Å². The van der Waals surface area contributed by atoms with Gasteiger partial charge in [0.1, 0.15) is 0 Å². The zero-order chi connectivity index (χ0) is 11.4. The van der Waals surface area contributed by atoms with Crippen LogP contribution in [-0.2, 0) is 0 Å². The number of hydrogen-bond acceptors (Lipinski definition) is 2. The van der Waals surface area contributed by atoms with E-state index in [4.69, 9.17) is 10.5 Å². The Balaban J connectivity index is 2.76. The van der Waals surface area contributed by atoms with Crippen molar-refractivity contribution >= 4 is 15.9 Å². The van der Waals surface area contributed by atoms with E-state index in [0.717, 1.165) is 6.07 Å². The summed E-state index contributed by atoms with van der Waals surface area (Å²) in [6.07, 6.45) is 0. The van der Waals surface area contributed by atoms with E-state index in [9.17, 15) is 8.78 Å². The Morgan fingerprint density at radius 3 is 2.73 bits per heavy atom. The summed E-state index contributed by atoms with van der Waals surface area (Å²) >= 11 is 3.06. The molecule has 0 aliphatic rings. The maximum absolute atomic E-state index is 13.2. The average Bonchev–Trinajstić information content (AvgIpc) is 2.20. The molecule has 0 saturated heterocycles. The molecule has 0 aliphatic carbocycles. The Morgan fingerprint density at radius 1 is 1.47 bits per heavy atom. The SMILES string of the molecule is CC(CN)COc1cc(Br)cc(F)c1F. The van der Waals surface area contributed by atoms with Crippen LogP contribution in [0.25, 0.3) is 0 Å². The molecule has 0 aliphatic heterocycles. The minimum atomic E-state index is -0.970. The third-order valence-electron chi connectivity index (χ3n) is 1.89. The summed E-state index contributed by atoms with van der Waals surface area (Å²) in [5.41, 5.74) is 5.38. The first-order chi connectivity index (χ1) is 7.04. The standard InChI is InChI=1S/C10H12BrF2NO/c1-6(4-14)5-15-9-3-7(11)2-8(12)10(9)13/h2-3,6H,4-5,14H2,1H3. The van der Waals surface area contributed by atoms with Crippen molar-refractivity contribution in [2.24, 2.45) is 11.7 Å². The summed E-state index contributed by atoms with van der Waals surface area (Å²) in [7, 11) is 0. The summed E-state index contributed by atoms with van der Waals surface area (Å²) in [4.78, 5) is 0. The van der Waals surface area contributed by atoms with Crippen LogP contribution in [0.1, 0.15) is 6.92 Å². The summed E-state index contributed by atoms with van der Waals surface area (Å²) in [5.74, 6) is -1.89. The monoisotopic (exact) mass is 279 g/mol. The quantitative estimate of drug-likeness (QED) is 0.861. The highest BCUT2D eigenvalue weighted by Gasteiger charge is 2.12. The van der Waals surface area contributed by atoms with Gasteiger partial charge in [-0.1, -0.05) is 22.9 Å². The van der Waals surface area contributed by atoms with Crippen molar-refractivity contribution in [2.45, 2.75) is 6.92 Å². The van der Waals surface area contributed by atoms with Crippen molar-refractivity contribution < 1.29 is 13.5 Å². The topological polar surface area (TPSA) is 35.2 Å². The molecule has 2 nitrogen and oxygen atoms in total. The molecule has 0 amide bonds. The minimum Gasteiger partial charge on any atom is -0.490 e. The van der Waals surface area contributed by atoms with Crippen LogP contribution in [0.15, 0.2) is 16.6 Å². The van der Waals surface area contributed by atoms with Gasteiger partial charge in [-0.15, -0.1) is 0 Å². The first-order valence-corrected chi connectivity index (χ1v) is 5.31. The van der Waals surface area contributed by atoms with Gasteiger partial charge in [0.05, 0.1) is 6.61 Å². The van der Waals surface area contributed by atoms with Crippen molar-refractivity contribution in [2.75, 3.05) is 13.2 Å². The highest BCUT2D eigenvalue weighted by Crippen LogP contribution is 2.25. The van der Waals surface area contributed by atoms with Gasteiger partial charge in [0.25, 0.3) is 0 Å². The molecule has 1 aromatic rings. The molecule has 84 valence electrons. The van der Waals surface area contributed by atoms with Crippen LogP contribution in [-0.4, -0.2) is 13.2 Å². The van der Waals surface area contributed by atoms with Crippen molar-refractivity contribution in [3.63, 3.8) is 0 Å². The van der Waals surface area contributed by atoms with Gasteiger partial charge in [-0.2, -0.15) is 4.39 Å². The molecule has 1 atom stereocenters. The molecule has 0 bridgehead atoms. The lowest BCUT2D eigenvalue weighted by atomic mass is 10.2. The molecule has 1 rings (SSSR count). The van der Waals surface area contributed by atoms with Crippen molar-refractivity contribution in [3.05, 3.63) is 28.2 Å². The fourth-order valence-electron chi connectivity index (χ4n) is 0.937. The third kappa shape index (κ3) is 3.43. The number of benzene rings is 1. The minimum absolute atomic E-state index is 0.0952. The molecule has 0 spiro atoms. The van der Waals surface area contributed by atoms with E-state index in [0.29, 0.717) is 11.0 Å². The van der Waals surface area contributed by atoms with Crippen LogP contribution >= 0.6 is 15.9 Å². The van der Waals surface area contributed by atoms with Gasteiger partial charge in [-0.25, -0.2) is 4.39 Å². The first-order valence-electron chi connectivity index (χ1n) is 4.52. The Hall–Kier alpha value is -0.680. The number of nitrogens with two attached hydrogens (primary N) is 1. The second-order valence-electron chi connectivity index (χ2n) is 3.35. The van der Waals surface area contributed by atoms with E-state index in [-0.39, 0.29) is 18.3 Å². The zero-order valence-corrected chi connectivity index (χ0v) is 9.85. The van der Waals surface area contributed by atoms with Crippen LogP contribution in [0.2, 0.25) is 0 Å².